The van der Waals surface area contributed by atoms with Gasteiger partial charge in [0.15, 0.2) is 11.5 Å². The van der Waals surface area contributed by atoms with E-state index >= 15 is 0 Å². The molecular formula is C13H13BrFNO3. The van der Waals surface area contributed by atoms with Crippen LogP contribution >= 0.6 is 15.9 Å². The van der Waals surface area contributed by atoms with Crippen LogP contribution in [0.15, 0.2) is 15.5 Å². The molecule has 2 rings (SSSR count). The molecule has 1 aromatic carbocycles. The van der Waals surface area contributed by atoms with E-state index in [-0.39, 0.29) is 10.2 Å². The number of hydrogen-bond acceptors (Lipinski definition) is 4. The van der Waals surface area contributed by atoms with E-state index in [1.54, 1.807) is 6.08 Å². The Balaban J connectivity index is 2.73. The lowest BCUT2D eigenvalue weighted by molar-refractivity contribution is 0.239. The lowest BCUT2D eigenvalue weighted by Gasteiger charge is -2.38. The van der Waals surface area contributed by atoms with Crippen molar-refractivity contribution in [3.63, 3.8) is 0 Å². The predicted molar refractivity (Wildman–Crippen MR) is 70.9 cm³/mol. The summed E-state index contributed by atoms with van der Waals surface area (Å²) in [6.07, 6.45) is 3.81. The first-order chi connectivity index (χ1) is 9.09. The molecule has 1 aliphatic carbocycles. The van der Waals surface area contributed by atoms with Crippen molar-refractivity contribution in [2.24, 2.45) is 4.99 Å². The summed E-state index contributed by atoms with van der Waals surface area (Å²) in [6, 6.07) is 1.24. The number of aliphatic imine (C=N–C) groups is 1. The van der Waals surface area contributed by atoms with Crippen molar-refractivity contribution in [2.45, 2.75) is 24.8 Å². The zero-order valence-electron chi connectivity index (χ0n) is 10.6. The quantitative estimate of drug-likeness (QED) is 0.628. The molecule has 19 heavy (non-hydrogen) atoms. The Bertz CT molecular complexity index is 551. The summed E-state index contributed by atoms with van der Waals surface area (Å²) in [7, 11) is 2.91. The number of carbonyl (C=O) groups excluding carboxylic acids is 1. The molecule has 1 aliphatic rings. The molecule has 0 bridgehead atoms. The van der Waals surface area contributed by atoms with Gasteiger partial charge in [-0.25, -0.2) is 9.18 Å². The predicted octanol–water partition coefficient (Wildman–Crippen LogP) is 3.32. The summed E-state index contributed by atoms with van der Waals surface area (Å²) in [6.45, 7) is 0. The fraction of sp³-hybridized carbons (Fsp3) is 0.462. The average Bonchev–Trinajstić information content (AvgIpc) is 2.37. The second-order valence-corrected chi connectivity index (χ2v) is 5.16. The summed E-state index contributed by atoms with van der Waals surface area (Å²) in [5, 5.41) is 0. The van der Waals surface area contributed by atoms with Crippen LogP contribution in [0.3, 0.4) is 0 Å². The van der Waals surface area contributed by atoms with Crippen LogP contribution in [-0.2, 0) is 10.3 Å². The van der Waals surface area contributed by atoms with Crippen molar-refractivity contribution in [1.29, 1.82) is 0 Å². The van der Waals surface area contributed by atoms with Gasteiger partial charge in [0.1, 0.15) is 11.4 Å². The standard InChI is InChI=1S/C13H13BrFNO3/c1-18-9-6-8(15)11(14)10(12(9)19-2)13(16-7-17)4-3-5-13/h6H,3-5H2,1-2H3. The van der Waals surface area contributed by atoms with Crippen LogP contribution in [0.2, 0.25) is 0 Å². The van der Waals surface area contributed by atoms with Gasteiger partial charge >= 0.3 is 0 Å². The van der Waals surface area contributed by atoms with E-state index in [0.717, 1.165) is 6.42 Å². The van der Waals surface area contributed by atoms with Gasteiger partial charge in [0.25, 0.3) is 0 Å². The number of isocyanates is 1. The number of ether oxygens (including phenoxy) is 2. The van der Waals surface area contributed by atoms with Crippen molar-refractivity contribution < 1.29 is 18.7 Å². The molecule has 4 nitrogen and oxygen atoms in total. The lowest BCUT2D eigenvalue weighted by Crippen LogP contribution is -2.33. The maximum absolute atomic E-state index is 14.0. The van der Waals surface area contributed by atoms with E-state index in [1.165, 1.54) is 20.3 Å². The molecule has 0 N–H and O–H groups in total. The maximum atomic E-state index is 14.0. The Kier molecular flexibility index (Phi) is 3.92. The lowest BCUT2D eigenvalue weighted by atomic mass is 9.72. The van der Waals surface area contributed by atoms with E-state index in [1.807, 2.05) is 0 Å². The van der Waals surface area contributed by atoms with Gasteiger partial charge < -0.3 is 9.47 Å². The Morgan fingerprint density at radius 3 is 2.53 bits per heavy atom. The van der Waals surface area contributed by atoms with Crippen LogP contribution in [0.1, 0.15) is 24.8 Å². The van der Waals surface area contributed by atoms with Gasteiger partial charge in [-0.15, -0.1) is 0 Å². The second kappa shape index (κ2) is 5.31. The fourth-order valence-corrected chi connectivity index (χ4v) is 3.04. The third-order valence-corrected chi connectivity index (χ3v) is 4.24. The van der Waals surface area contributed by atoms with Crippen molar-refractivity contribution in [3.05, 3.63) is 21.9 Å². The van der Waals surface area contributed by atoms with E-state index in [9.17, 15) is 9.18 Å². The molecule has 0 atom stereocenters. The summed E-state index contributed by atoms with van der Waals surface area (Å²) >= 11 is 3.22. The van der Waals surface area contributed by atoms with Crippen LogP contribution < -0.4 is 9.47 Å². The highest BCUT2D eigenvalue weighted by atomic mass is 79.9. The zero-order valence-corrected chi connectivity index (χ0v) is 12.2. The van der Waals surface area contributed by atoms with Gasteiger partial charge in [-0.05, 0) is 35.2 Å². The van der Waals surface area contributed by atoms with Crippen LogP contribution in [0, 0.1) is 5.82 Å². The first-order valence-electron chi connectivity index (χ1n) is 5.79. The van der Waals surface area contributed by atoms with Gasteiger partial charge in [0.2, 0.25) is 6.08 Å². The van der Waals surface area contributed by atoms with Crippen molar-refractivity contribution in [2.75, 3.05) is 14.2 Å². The molecule has 0 saturated heterocycles. The van der Waals surface area contributed by atoms with Gasteiger partial charge in [0, 0.05) is 11.6 Å². The van der Waals surface area contributed by atoms with Gasteiger partial charge in [0.05, 0.1) is 18.7 Å². The Morgan fingerprint density at radius 2 is 2.11 bits per heavy atom. The molecule has 1 fully saturated rings. The first kappa shape index (κ1) is 14.0. The normalized spacial score (nSPS) is 16.2. The maximum Gasteiger partial charge on any atom is 0.235 e. The molecule has 6 heteroatoms. The minimum Gasteiger partial charge on any atom is -0.493 e. The molecule has 0 amide bonds. The van der Waals surface area contributed by atoms with Crippen LogP contribution in [0.4, 0.5) is 4.39 Å². The number of halogens is 2. The highest BCUT2D eigenvalue weighted by Crippen LogP contribution is 2.53. The van der Waals surface area contributed by atoms with E-state index in [0.29, 0.717) is 24.2 Å². The topological polar surface area (TPSA) is 47.9 Å². The molecule has 0 aliphatic heterocycles. The van der Waals surface area contributed by atoms with Crippen molar-refractivity contribution in [3.8, 4) is 11.5 Å². The number of methoxy groups -OCH3 is 2. The molecule has 1 saturated carbocycles. The van der Waals surface area contributed by atoms with E-state index in [2.05, 4.69) is 20.9 Å². The highest BCUT2D eigenvalue weighted by Gasteiger charge is 2.44. The molecular weight excluding hydrogens is 317 g/mol. The van der Waals surface area contributed by atoms with E-state index < -0.39 is 11.4 Å². The van der Waals surface area contributed by atoms with E-state index in [4.69, 9.17) is 9.47 Å². The minimum atomic E-state index is -0.763. The Morgan fingerprint density at radius 1 is 1.42 bits per heavy atom. The number of rotatable bonds is 4. The minimum absolute atomic E-state index is 0.254. The first-order valence-corrected chi connectivity index (χ1v) is 6.58. The highest BCUT2D eigenvalue weighted by molar-refractivity contribution is 9.10. The SMILES string of the molecule is COc1cc(F)c(Br)c(C2(N=C=O)CCC2)c1OC. The average molecular weight is 330 g/mol. The smallest absolute Gasteiger partial charge is 0.235 e. The largest absolute Gasteiger partial charge is 0.493 e. The summed E-state index contributed by atoms with van der Waals surface area (Å²) in [5.74, 6) is 0.208. The van der Waals surface area contributed by atoms with Crippen LogP contribution in [0.25, 0.3) is 0 Å². The van der Waals surface area contributed by atoms with Crippen LogP contribution in [0.5, 0.6) is 11.5 Å². The van der Waals surface area contributed by atoms with Crippen LogP contribution in [-0.4, -0.2) is 20.3 Å². The number of benzene rings is 1. The molecule has 0 aromatic heterocycles. The fourth-order valence-electron chi connectivity index (χ4n) is 2.37. The molecule has 0 radical (unpaired) electrons. The van der Waals surface area contributed by atoms with Crippen molar-refractivity contribution in [1.82, 2.24) is 0 Å². The monoisotopic (exact) mass is 329 g/mol. The number of nitrogens with zero attached hydrogens (tertiary/aromatic N) is 1. The molecule has 0 unspecified atom stereocenters. The second-order valence-electron chi connectivity index (χ2n) is 4.37. The zero-order chi connectivity index (χ0) is 14.0. The van der Waals surface area contributed by atoms with Crippen molar-refractivity contribution >= 4 is 22.0 Å². The molecule has 102 valence electrons. The summed E-state index contributed by atoms with van der Waals surface area (Å²) in [5.41, 5.74) is -0.247. The Labute approximate surface area is 118 Å². The summed E-state index contributed by atoms with van der Waals surface area (Å²) < 4.78 is 24.7. The number of hydrogen-bond donors (Lipinski definition) is 0. The van der Waals surface area contributed by atoms with Gasteiger partial charge in [-0.3, -0.25) is 0 Å². The molecule has 0 heterocycles. The third kappa shape index (κ3) is 2.15. The summed E-state index contributed by atoms with van der Waals surface area (Å²) in [4.78, 5) is 14.5. The van der Waals surface area contributed by atoms with Gasteiger partial charge in [-0.2, -0.15) is 4.99 Å². The Hall–Kier alpha value is -1.39. The third-order valence-electron chi connectivity index (χ3n) is 3.47. The van der Waals surface area contributed by atoms with Gasteiger partial charge in [-0.1, -0.05) is 0 Å². The molecule has 1 aromatic rings. The molecule has 0 spiro atoms.